The number of methoxy groups -OCH3 is 1. The number of aromatic nitrogens is 3. The third-order valence-corrected chi connectivity index (χ3v) is 3.19. The molecule has 0 unspecified atom stereocenters. The van der Waals surface area contributed by atoms with E-state index in [-0.39, 0.29) is 0 Å². The Balaban J connectivity index is 2.40. The van der Waals surface area contributed by atoms with Crippen molar-refractivity contribution < 1.29 is 4.74 Å². The summed E-state index contributed by atoms with van der Waals surface area (Å²) in [5.41, 5.74) is 2.78. The Morgan fingerprint density at radius 3 is 2.60 bits per heavy atom. The van der Waals surface area contributed by atoms with Crippen LogP contribution in [0.4, 0.5) is 0 Å². The minimum atomic E-state index is 0.514. The smallest absolute Gasteiger partial charge is 0.201 e. The highest BCUT2D eigenvalue weighted by molar-refractivity contribution is 5.67. The van der Waals surface area contributed by atoms with Crippen LogP contribution in [-0.4, -0.2) is 21.7 Å². The highest BCUT2D eigenvalue weighted by Gasteiger charge is 2.17. The van der Waals surface area contributed by atoms with Gasteiger partial charge >= 0.3 is 0 Å². The molecule has 0 aliphatic carbocycles. The van der Waals surface area contributed by atoms with Crippen LogP contribution in [-0.2, 0) is 0 Å². The van der Waals surface area contributed by atoms with E-state index in [1.807, 2.05) is 43.3 Å². The van der Waals surface area contributed by atoms with Gasteiger partial charge in [0.2, 0.25) is 5.88 Å². The zero-order valence-corrected chi connectivity index (χ0v) is 11.2. The van der Waals surface area contributed by atoms with Gasteiger partial charge in [-0.2, -0.15) is 5.26 Å². The average molecular weight is 264 g/mol. The molecule has 0 aliphatic heterocycles. The number of fused-ring (bicyclic) bond motifs is 1. The molecule has 5 nitrogen and oxygen atoms in total. The Bertz CT molecular complexity index is 815. The van der Waals surface area contributed by atoms with E-state index in [9.17, 15) is 5.26 Å². The molecule has 0 aliphatic rings. The van der Waals surface area contributed by atoms with Crippen molar-refractivity contribution in [2.45, 2.75) is 6.92 Å². The van der Waals surface area contributed by atoms with E-state index >= 15 is 0 Å². The Morgan fingerprint density at radius 2 is 1.95 bits per heavy atom. The first kappa shape index (κ1) is 12.2. The summed E-state index contributed by atoms with van der Waals surface area (Å²) in [7, 11) is 1.59. The largest absolute Gasteiger partial charge is 0.482 e. The van der Waals surface area contributed by atoms with E-state index in [4.69, 9.17) is 4.74 Å². The lowest BCUT2D eigenvalue weighted by molar-refractivity contribution is 0.392. The van der Waals surface area contributed by atoms with Gasteiger partial charge in [0.15, 0.2) is 11.5 Å². The van der Waals surface area contributed by atoms with Crippen LogP contribution in [0.5, 0.6) is 5.88 Å². The van der Waals surface area contributed by atoms with Gasteiger partial charge in [-0.15, -0.1) is 10.2 Å². The van der Waals surface area contributed by atoms with Gasteiger partial charge in [0, 0.05) is 11.6 Å². The SMILES string of the molecule is COc1cc(C)c(C#N)c2nnc(-c3ccccc3)n12. The molecule has 0 N–H and O–H groups in total. The molecular formula is C15H12N4O. The molecule has 98 valence electrons. The van der Waals surface area contributed by atoms with Gasteiger partial charge in [-0.05, 0) is 12.5 Å². The van der Waals surface area contributed by atoms with Crippen LogP contribution in [0.3, 0.4) is 0 Å². The van der Waals surface area contributed by atoms with E-state index in [0.29, 0.717) is 22.9 Å². The molecule has 0 amide bonds. The molecule has 2 aromatic heterocycles. The topological polar surface area (TPSA) is 63.2 Å². The fraction of sp³-hybridized carbons (Fsp3) is 0.133. The number of benzene rings is 1. The summed E-state index contributed by atoms with van der Waals surface area (Å²) in [5, 5.41) is 17.6. The van der Waals surface area contributed by atoms with Gasteiger partial charge in [-0.1, -0.05) is 30.3 Å². The van der Waals surface area contributed by atoms with Crippen LogP contribution < -0.4 is 4.74 Å². The van der Waals surface area contributed by atoms with Crippen LogP contribution in [0.25, 0.3) is 17.0 Å². The maximum absolute atomic E-state index is 9.29. The highest BCUT2D eigenvalue weighted by atomic mass is 16.5. The summed E-state index contributed by atoms with van der Waals surface area (Å²) in [5.74, 6) is 1.27. The molecule has 0 fully saturated rings. The molecule has 0 spiro atoms. The third-order valence-electron chi connectivity index (χ3n) is 3.19. The average Bonchev–Trinajstić information content (AvgIpc) is 2.92. The molecule has 0 radical (unpaired) electrons. The van der Waals surface area contributed by atoms with Crippen molar-refractivity contribution in [3.05, 3.63) is 47.5 Å². The Labute approximate surface area is 116 Å². The summed E-state index contributed by atoms with van der Waals surface area (Å²) >= 11 is 0. The quantitative estimate of drug-likeness (QED) is 0.713. The first-order valence-corrected chi connectivity index (χ1v) is 6.14. The normalized spacial score (nSPS) is 10.4. The van der Waals surface area contributed by atoms with Crippen molar-refractivity contribution in [1.29, 1.82) is 5.26 Å². The number of nitriles is 1. The first-order valence-electron chi connectivity index (χ1n) is 6.14. The van der Waals surface area contributed by atoms with Crippen LogP contribution in [0, 0.1) is 18.3 Å². The molecule has 3 aromatic rings. The number of nitrogens with zero attached hydrogens (tertiary/aromatic N) is 4. The first-order chi connectivity index (χ1) is 9.76. The molecule has 0 bridgehead atoms. The highest BCUT2D eigenvalue weighted by Crippen LogP contribution is 2.27. The van der Waals surface area contributed by atoms with Crippen LogP contribution >= 0.6 is 0 Å². The lowest BCUT2D eigenvalue weighted by atomic mass is 10.1. The van der Waals surface area contributed by atoms with Crippen molar-refractivity contribution in [3.8, 4) is 23.3 Å². The maximum atomic E-state index is 9.29. The van der Waals surface area contributed by atoms with Crippen molar-refractivity contribution in [3.63, 3.8) is 0 Å². The predicted octanol–water partition coefficient (Wildman–Crippen LogP) is 2.58. The number of hydrogen-bond donors (Lipinski definition) is 0. The standard InChI is InChI=1S/C15H12N4O/c1-10-8-13(20-2)19-14(11-6-4-3-5-7-11)17-18-15(19)12(10)9-16/h3-8H,1-2H3. The molecule has 3 rings (SSSR count). The molecule has 0 atom stereocenters. The van der Waals surface area contributed by atoms with Crippen molar-refractivity contribution in [2.24, 2.45) is 0 Å². The van der Waals surface area contributed by atoms with Gasteiger partial charge < -0.3 is 4.74 Å². The van der Waals surface area contributed by atoms with Crippen LogP contribution in [0.1, 0.15) is 11.1 Å². The maximum Gasteiger partial charge on any atom is 0.201 e. The minimum Gasteiger partial charge on any atom is -0.482 e. The van der Waals surface area contributed by atoms with Gasteiger partial charge in [0.1, 0.15) is 11.6 Å². The van der Waals surface area contributed by atoms with Gasteiger partial charge in [-0.25, -0.2) is 4.40 Å². The van der Waals surface area contributed by atoms with Crippen molar-refractivity contribution >= 4 is 5.65 Å². The molecule has 0 saturated carbocycles. The number of aryl methyl sites for hydroxylation is 1. The van der Waals surface area contributed by atoms with E-state index < -0.39 is 0 Å². The molecule has 20 heavy (non-hydrogen) atoms. The Hall–Kier alpha value is -2.87. The second-order valence-corrected chi connectivity index (χ2v) is 4.41. The summed E-state index contributed by atoms with van der Waals surface area (Å²) in [4.78, 5) is 0. The third kappa shape index (κ3) is 1.70. The van der Waals surface area contributed by atoms with Gasteiger partial charge in [-0.3, -0.25) is 0 Å². The number of hydrogen-bond acceptors (Lipinski definition) is 4. The zero-order chi connectivity index (χ0) is 14.1. The van der Waals surface area contributed by atoms with Crippen molar-refractivity contribution in [1.82, 2.24) is 14.6 Å². The van der Waals surface area contributed by atoms with E-state index in [2.05, 4.69) is 16.3 Å². The summed E-state index contributed by atoms with van der Waals surface area (Å²) in [6, 6.07) is 13.7. The zero-order valence-electron chi connectivity index (χ0n) is 11.2. The Morgan fingerprint density at radius 1 is 1.20 bits per heavy atom. The number of rotatable bonds is 2. The lowest BCUT2D eigenvalue weighted by Gasteiger charge is -2.09. The van der Waals surface area contributed by atoms with Gasteiger partial charge in [0.05, 0.1) is 7.11 Å². The molecular weight excluding hydrogens is 252 g/mol. The van der Waals surface area contributed by atoms with Crippen LogP contribution in [0.15, 0.2) is 36.4 Å². The van der Waals surface area contributed by atoms with E-state index in [0.717, 1.165) is 11.1 Å². The van der Waals surface area contributed by atoms with E-state index in [1.54, 1.807) is 11.5 Å². The number of ether oxygens (including phenoxy) is 1. The van der Waals surface area contributed by atoms with E-state index in [1.165, 1.54) is 0 Å². The molecule has 0 saturated heterocycles. The predicted molar refractivity (Wildman–Crippen MR) is 74.4 cm³/mol. The summed E-state index contributed by atoms with van der Waals surface area (Å²) < 4.78 is 7.17. The Kier molecular flexibility index (Phi) is 2.84. The second kappa shape index (κ2) is 4.67. The monoisotopic (exact) mass is 264 g/mol. The second-order valence-electron chi connectivity index (χ2n) is 4.41. The number of pyridine rings is 1. The minimum absolute atomic E-state index is 0.514. The van der Waals surface area contributed by atoms with Crippen LogP contribution in [0.2, 0.25) is 0 Å². The molecule has 5 heteroatoms. The lowest BCUT2D eigenvalue weighted by Crippen LogP contribution is -2.00. The summed E-state index contributed by atoms with van der Waals surface area (Å²) in [6.45, 7) is 1.86. The fourth-order valence-electron chi connectivity index (χ4n) is 2.22. The molecule has 1 aromatic carbocycles. The molecule has 2 heterocycles. The summed E-state index contributed by atoms with van der Waals surface area (Å²) in [6.07, 6.45) is 0. The van der Waals surface area contributed by atoms with Crippen molar-refractivity contribution in [2.75, 3.05) is 7.11 Å². The van der Waals surface area contributed by atoms with Gasteiger partial charge in [0.25, 0.3) is 0 Å². The fourth-order valence-corrected chi connectivity index (χ4v) is 2.22.